The standard InChI is InChI=1S/C28H30N4O/c33-28-22-4-2-1-3-21(22)24(18-7-11-29-12-8-18)16-25(28)20-5-6-23-26(15-20)31-17-32-27(23)19-9-13-30-14-10-19/h1-6,15-19,29-30,33H,7-14H2. The second kappa shape index (κ2) is 8.73. The molecule has 0 aliphatic carbocycles. The SMILES string of the molecule is Oc1c(-c2ccc3c(C4CCNCC4)ncnc3c2)cc(C2CCNCC2)c2ccccc12. The number of aromatic hydroxyl groups is 1. The number of nitrogens with zero attached hydrogens (tertiary/aromatic N) is 2. The number of fused-ring (bicyclic) bond motifs is 2. The summed E-state index contributed by atoms with van der Waals surface area (Å²) >= 11 is 0. The van der Waals surface area contributed by atoms with Crippen LogP contribution in [0.15, 0.2) is 54.9 Å². The third-order valence-corrected chi connectivity index (χ3v) is 7.53. The van der Waals surface area contributed by atoms with Crippen molar-refractivity contribution in [1.82, 2.24) is 20.6 Å². The van der Waals surface area contributed by atoms with Crippen molar-refractivity contribution in [2.75, 3.05) is 26.2 Å². The molecule has 1 aromatic heterocycles. The molecule has 5 nitrogen and oxygen atoms in total. The Morgan fingerprint density at radius 1 is 0.727 bits per heavy atom. The molecule has 0 radical (unpaired) electrons. The third-order valence-electron chi connectivity index (χ3n) is 7.53. The van der Waals surface area contributed by atoms with Gasteiger partial charge in [-0.3, -0.25) is 0 Å². The van der Waals surface area contributed by atoms with Gasteiger partial charge in [0.25, 0.3) is 0 Å². The molecular formula is C28H30N4O. The number of phenolic OH excluding ortho intramolecular Hbond substituents is 1. The second-order valence-electron chi connectivity index (χ2n) is 9.45. The number of benzene rings is 3. The predicted octanol–water partition coefficient (Wildman–Crippen LogP) is 5.09. The first kappa shape index (κ1) is 20.6. The van der Waals surface area contributed by atoms with E-state index >= 15 is 0 Å². The Morgan fingerprint density at radius 3 is 2.18 bits per heavy atom. The molecule has 3 N–H and O–H groups in total. The Balaban J connectivity index is 1.48. The number of nitrogens with one attached hydrogen (secondary N) is 2. The van der Waals surface area contributed by atoms with Crippen LogP contribution in [0.3, 0.4) is 0 Å². The fourth-order valence-corrected chi connectivity index (χ4v) is 5.74. The van der Waals surface area contributed by atoms with Gasteiger partial charge in [-0.2, -0.15) is 0 Å². The minimum Gasteiger partial charge on any atom is -0.507 e. The van der Waals surface area contributed by atoms with Crippen LogP contribution in [0.1, 0.15) is 48.8 Å². The largest absolute Gasteiger partial charge is 0.507 e. The van der Waals surface area contributed by atoms with E-state index in [1.54, 1.807) is 6.33 Å². The maximum Gasteiger partial charge on any atom is 0.131 e. The summed E-state index contributed by atoms with van der Waals surface area (Å²) in [6.07, 6.45) is 6.17. The van der Waals surface area contributed by atoms with Crippen LogP contribution in [0.5, 0.6) is 5.75 Å². The zero-order valence-electron chi connectivity index (χ0n) is 18.8. The first-order valence-corrected chi connectivity index (χ1v) is 12.2. The maximum atomic E-state index is 11.3. The molecule has 2 saturated heterocycles. The summed E-state index contributed by atoms with van der Waals surface area (Å²) in [5, 5.41) is 21.5. The Bertz CT molecular complexity index is 1310. The van der Waals surface area contributed by atoms with Crippen LogP contribution in [-0.2, 0) is 0 Å². The summed E-state index contributed by atoms with van der Waals surface area (Å²) in [6, 6.07) is 16.9. The highest BCUT2D eigenvalue weighted by atomic mass is 16.3. The van der Waals surface area contributed by atoms with Crippen molar-refractivity contribution in [2.24, 2.45) is 0 Å². The van der Waals surface area contributed by atoms with Gasteiger partial charge in [0, 0.05) is 22.3 Å². The molecule has 4 aromatic rings. The molecule has 0 unspecified atom stereocenters. The molecule has 0 bridgehead atoms. The Labute approximate surface area is 194 Å². The van der Waals surface area contributed by atoms with Gasteiger partial charge in [-0.25, -0.2) is 9.97 Å². The molecule has 3 heterocycles. The van der Waals surface area contributed by atoms with Crippen molar-refractivity contribution in [3.8, 4) is 16.9 Å². The lowest BCUT2D eigenvalue weighted by molar-refractivity contribution is 0.455. The van der Waals surface area contributed by atoms with E-state index in [0.29, 0.717) is 17.6 Å². The van der Waals surface area contributed by atoms with Crippen molar-refractivity contribution < 1.29 is 5.11 Å². The second-order valence-corrected chi connectivity index (χ2v) is 9.45. The number of hydrogen-bond donors (Lipinski definition) is 3. The van der Waals surface area contributed by atoms with Gasteiger partial charge in [-0.05, 0) is 86.4 Å². The predicted molar refractivity (Wildman–Crippen MR) is 134 cm³/mol. The van der Waals surface area contributed by atoms with Gasteiger partial charge in [-0.1, -0.05) is 36.4 Å². The van der Waals surface area contributed by atoms with Crippen LogP contribution >= 0.6 is 0 Å². The summed E-state index contributed by atoms with van der Waals surface area (Å²) in [4.78, 5) is 9.28. The molecule has 168 valence electrons. The Morgan fingerprint density at radius 2 is 1.42 bits per heavy atom. The first-order valence-electron chi connectivity index (χ1n) is 12.2. The summed E-state index contributed by atoms with van der Waals surface area (Å²) in [7, 11) is 0. The van der Waals surface area contributed by atoms with E-state index in [1.807, 2.05) is 12.1 Å². The zero-order valence-corrected chi connectivity index (χ0v) is 18.8. The molecule has 6 rings (SSSR count). The van der Waals surface area contributed by atoms with Crippen LogP contribution in [0, 0.1) is 0 Å². The topological polar surface area (TPSA) is 70.1 Å². The normalized spacial score (nSPS) is 18.2. The van der Waals surface area contributed by atoms with Gasteiger partial charge in [0.15, 0.2) is 0 Å². The van der Waals surface area contributed by atoms with Gasteiger partial charge in [0.2, 0.25) is 0 Å². The van der Waals surface area contributed by atoms with Gasteiger partial charge in [-0.15, -0.1) is 0 Å². The lowest BCUT2D eigenvalue weighted by Gasteiger charge is -2.25. The summed E-state index contributed by atoms with van der Waals surface area (Å²) in [5.41, 5.74) is 5.36. The highest BCUT2D eigenvalue weighted by Crippen LogP contribution is 2.43. The number of hydrogen-bond acceptors (Lipinski definition) is 5. The summed E-state index contributed by atoms with van der Waals surface area (Å²) in [6.45, 7) is 4.17. The van der Waals surface area contributed by atoms with E-state index < -0.39 is 0 Å². The number of aromatic nitrogens is 2. The van der Waals surface area contributed by atoms with Gasteiger partial charge in [0.1, 0.15) is 12.1 Å². The fourth-order valence-electron chi connectivity index (χ4n) is 5.74. The molecule has 0 spiro atoms. The molecule has 3 aromatic carbocycles. The molecule has 0 atom stereocenters. The molecule has 0 saturated carbocycles. The van der Waals surface area contributed by atoms with Crippen molar-refractivity contribution in [2.45, 2.75) is 37.5 Å². The Hall–Kier alpha value is -3.02. The van der Waals surface area contributed by atoms with Gasteiger partial charge >= 0.3 is 0 Å². The van der Waals surface area contributed by atoms with Gasteiger partial charge < -0.3 is 15.7 Å². The van der Waals surface area contributed by atoms with Crippen molar-refractivity contribution in [1.29, 1.82) is 0 Å². The lowest BCUT2D eigenvalue weighted by Crippen LogP contribution is -2.27. The molecule has 33 heavy (non-hydrogen) atoms. The average Bonchev–Trinajstić information content (AvgIpc) is 2.89. The van der Waals surface area contributed by atoms with Crippen molar-refractivity contribution in [3.05, 3.63) is 66.1 Å². The lowest BCUT2D eigenvalue weighted by atomic mass is 9.84. The van der Waals surface area contributed by atoms with E-state index in [1.165, 1.54) is 10.9 Å². The Kier molecular flexibility index (Phi) is 5.44. The number of piperidine rings is 2. The molecule has 0 amide bonds. The first-order chi connectivity index (χ1) is 16.3. The smallest absolute Gasteiger partial charge is 0.131 e. The van der Waals surface area contributed by atoms with Crippen LogP contribution < -0.4 is 10.6 Å². The van der Waals surface area contributed by atoms with Crippen molar-refractivity contribution in [3.63, 3.8) is 0 Å². The molecule has 2 fully saturated rings. The average molecular weight is 439 g/mol. The maximum absolute atomic E-state index is 11.3. The van der Waals surface area contributed by atoms with E-state index in [4.69, 9.17) is 0 Å². The third kappa shape index (κ3) is 3.75. The molecule has 2 aliphatic rings. The van der Waals surface area contributed by atoms with E-state index in [9.17, 15) is 5.11 Å². The van der Waals surface area contributed by atoms with Crippen LogP contribution in [0.2, 0.25) is 0 Å². The zero-order chi connectivity index (χ0) is 22.2. The molecule has 5 heteroatoms. The highest BCUT2D eigenvalue weighted by molar-refractivity contribution is 5.98. The number of phenols is 1. The minimum atomic E-state index is 0.357. The summed E-state index contributed by atoms with van der Waals surface area (Å²) in [5.74, 6) is 1.34. The van der Waals surface area contributed by atoms with E-state index in [2.05, 4.69) is 57.0 Å². The van der Waals surface area contributed by atoms with Crippen LogP contribution in [0.25, 0.3) is 32.8 Å². The molecular weight excluding hydrogens is 408 g/mol. The van der Waals surface area contributed by atoms with E-state index in [0.717, 1.165) is 85.0 Å². The quantitative estimate of drug-likeness (QED) is 0.416. The monoisotopic (exact) mass is 438 g/mol. The number of rotatable bonds is 3. The molecule has 2 aliphatic heterocycles. The van der Waals surface area contributed by atoms with Gasteiger partial charge in [0.05, 0.1) is 11.2 Å². The summed E-state index contributed by atoms with van der Waals surface area (Å²) < 4.78 is 0. The van der Waals surface area contributed by atoms with Crippen LogP contribution in [-0.4, -0.2) is 41.3 Å². The highest BCUT2D eigenvalue weighted by Gasteiger charge is 2.22. The fraction of sp³-hybridized carbons (Fsp3) is 0.357. The van der Waals surface area contributed by atoms with Crippen molar-refractivity contribution >= 4 is 21.7 Å². The van der Waals surface area contributed by atoms with E-state index in [-0.39, 0.29) is 0 Å². The van der Waals surface area contributed by atoms with Crippen LogP contribution in [0.4, 0.5) is 0 Å². The minimum absolute atomic E-state index is 0.357.